The van der Waals surface area contributed by atoms with Crippen molar-refractivity contribution in [1.29, 1.82) is 0 Å². The zero-order chi connectivity index (χ0) is 17.5. The van der Waals surface area contributed by atoms with Crippen molar-refractivity contribution in [2.75, 3.05) is 5.32 Å². The second-order valence-corrected chi connectivity index (χ2v) is 8.70. The second-order valence-electron chi connectivity index (χ2n) is 5.53. The van der Waals surface area contributed by atoms with Crippen LogP contribution in [0.2, 0.25) is 4.34 Å². The summed E-state index contributed by atoms with van der Waals surface area (Å²) in [4.78, 5) is 17.1. The van der Waals surface area contributed by atoms with Gasteiger partial charge in [0, 0.05) is 39.6 Å². The first-order valence-electron chi connectivity index (χ1n) is 7.90. The van der Waals surface area contributed by atoms with Crippen LogP contribution in [0, 0.1) is 0 Å². The molecule has 1 amide bonds. The number of aryl methyl sites for hydroxylation is 1. The van der Waals surface area contributed by atoms with Crippen LogP contribution in [0.1, 0.15) is 11.3 Å². The first-order valence-corrected chi connectivity index (χ1v) is 9.97. The Hall–Kier alpha value is -1.76. The minimum absolute atomic E-state index is 0.417. The molecule has 25 heavy (non-hydrogen) atoms. The van der Waals surface area contributed by atoms with E-state index in [1.807, 2.05) is 54.6 Å². The molecule has 7 heteroatoms. The highest BCUT2D eigenvalue weighted by Crippen LogP contribution is 2.30. The molecule has 130 valence electrons. The highest BCUT2D eigenvalue weighted by Gasteiger charge is 2.13. The summed E-state index contributed by atoms with van der Waals surface area (Å²) in [6.07, 6.45) is 8.40. The van der Waals surface area contributed by atoms with Crippen molar-refractivity contribution in [1.82, 2.24) is 9.55 Å². The third kappa shape index (κ3) is 5.63. The molecule has 0 saturated carbocycles. The van der Waals surface area contributed by atoms with Crippen LogP contribution in [0.3, 0.4) is 0 Å². The molecule has 0 fully saturated rings. The molecule has 0 bridgehead atoms. The SMILES string of the molecule is O=CNc1ccc(SC(CCc2ccc(Cl)s2)Cn2ccnc2)cc1. The number of anilines is 1. The van der Waals surface area contributed by atoms with Gasteiger partial charge in [0.05, 0.1) is 10.7 Å². The molecule has 0 radical (unpaired) electrons. The Morgan fingerprint density at radius 1 is 1.28 bits per heavy atom. The van der Waals surface area contributed by atoms with Crippen molar-refractivity contribution in [3.63, 3.8) is 0 Å². The number of halogens is 1. The molecule has 0 saturated heterocycles. The van der Waals surface area contributed by atoms with E-state index in [-0.39, 0.29) is 0 Å². The Balaban J connectivity index is 1.65. The zero-order valence-corrected chi connectivity index (χ0v) is 15.9. The Labute approximate surface area is 160 Å². The Bertz CT molecular complexity index is 787. The average Bonchev–Trinajstić information content (AvgIpc) is 3.26. The Morgan fingerprint density at radius 2 is 2.12 bits per heavy atom. The first-order chi connectivity index (χ1) is 12.2. The number of amides is 1. The van der Waals surface area contributed by atoms with Crippen molar-refractivity contribution < 1.29 is 4.79 Å². The molecule has 0 aliphatic carbocycles. The maximum absolute atomic E-state index is 10.5. The van der Waals surface area contributed by atoms with E-state index in [4.69, 9.17) is 11.6 Å². The van der Waals surface area contributed by atoms with Gasteiger partial charge >= 0.3 is 0 Å². The minimum Gasteiger partial charge on any atom is -0.336 e. The maximum Gasteiger partial charge on any atom is 0.211 e. The minimum atomic E-state index is 0.417. The van der Waals surface area contributed by atoms with Gasteiger partial charge in [-0.15, -0.1) is 23.1 Å². The summed E-state index contributed by atoms with van der Waals surface area (Å²) < 4.78 is 2.95. The Kier molecular flexibility index (Phi) is 6.55. The molecule has 1 atom stereocenters. The Morgan fingerprint density at radius 3 is 2.76 bits per heavy atom. The van der Waals surface area contributed by atoms with Gasteiger partial charge in [-0.2, -0.15) is 0 Å². The van der Waals surface area contributed by atoms with Crippen molar-refractivity contribution in [3.8, 4) is 0 Å². The van der Waals surface area contributed by atoms with Crippen molar-refractivity contribution >= 4 is 46.8 Å². The third-order valence-corrected chi connectivity index (χ3v) is 6.25. The number of carbonyl (C=O) groups excluding carboxylic acids is 1. The lowest BCUT2D eigenvalue weighted by Gasteiger charge is -2.17. The molecule has 1 unspecified atom stereocenters. The second kappa shape index (κ2) is 9.08. The molecule has 0 spiro atoms. The van der Waals surface area contributed by atoms with Crippen LogP contribution < -0.4 is 5.32 Å². The van der Waals surface area contributed by atoms with E-state index in [0.717, 1.165) is 29.4 Å². The van der Waals surface area contributed by atoms with Crippen molar-refractivity contribution in [3.05, 3.63) is 64.3 Å². The van der Waals surface area contributed by atoms with Gasteiger partial charge < -0.3 is 9.88 Å². The molecule has 0 aliphatic heterocycles. The van der Waals surface area contributed by atoms with Gasteiger partial charge in [0.1, 0.15) is 0 Å². The maximum atomic E-state index is 10.5. The molecule has 0 aliphatic rings. The number of rotatable bonds is 9. The van der Waals surface area contributed by atoms with Crippen LogP contribution in [0.25, 0.3) is 0 Å². The summed E-state index contributed by atoms with van der Waals surface area (Å²) in [5.41, 5.74) is 0.804. The highest BCUT2D eigenvalue weighted by atomic mass is 35.5. The highest BCUT2D eigenvalue weighted by molar-refractivity contribution is 8.00. The topological polar surface area (TPSA) is 46.9 Å². The van der Waals surface area contributed by atoms with Gasteiger partial charge in [-0.3, -0.25) is 4.79 Å². The lowest BCUT2D eigenvalue weighted by Crippen LogP contribution is -2.13. The van der Waals surface area contributed by atoms with Crippen LogP contribution >= 0.6 is 34.7 Å². The predicted molar refractivity (Wildman–Crippen MR) is 106 cm³/mol. The number of benzene rings is 1. The lowest BCUT2D eigenvalue weighted by atomic mass is 10.2. The molecular formula is C18H18ClN3OS2. The monoisotopic (exact) mass is 391 g/mol. The standard InChI is InChI=1S/C18H18ClN3OS2/c19-18-8-7-16(25-18)5-6-17(11-22-10-9-20-12-22)24-15-3-1-14(2-4-15)21-13-23/h1-4,7-10,12-13,17H,5-6,11H2,(H,21,23). The number of carbonyl (C=O) groups is 1. The summed E-state index contributed by atoms with van der Waals surface area (Å²) >= 11 is 9.53. The van der Waals surface area contributed by atoms with E-state index >= 15 is 0 Å². The molecular weight excluding hydrogens is 374 g/mol. The van der Waals surface area contributed by atoms with E-state index in [0.29, 0.717) is 11.7 Å². The number of hydrogen-bond acceptors (Lipinski definition) is 4. The van der Waals surface area contributed by atoms with Gasteiger partial charge in [0.25, 0.3) is 0 Å². The van der Waals surface area contributed by atoms with Crippen LogP contribution in [0.5, 0.6) is 0 Å². The number of imidazole rings is 1. The molecule has 3 aromatic rings. The van der Waals surface area contributed by atoms with E-state index < -0.39 is 0 Å². The van der Waals surface area contributed by atoms with Gasteiger partial charge in [0.15, 0.2) is 0 Å². The lowest BCUT2D eigenvalue weighted by molar-refractivity contribution is -0.105. The molecule has 1 aromatic carbocycles. The quantitative estimate of drug-likeness (QED) is 0.414. The number of thioether (sulfide) groups is 1. The van der Waals surface area contributed by atoms with Crippen LogP contribution in [0.15, 0.2) is 60.0 Å². The molecule has 3 rings (SSSR count). The number of thiophene rings is 1. The molecule has 2 aromatic heterocycles. The molecule has 2 heterocycles. The van der Waals surface area contributed by atoms with Gasteiger partial charge in [-0.25, -0.2) is 4.98 Å². The summed E-state index contributed by atoms with van der Waals surface area (Å²) in [5.74, 6) is 0. The van der Waals surface area contributed by atoms with E-state index in [2.05, 4.69) is 20.9 Å². The largest absolute Gasteiger partial charge is 0.336 e. The van der Waals surface area contributed by atoms with E-state index in [1.54, 1.807) is 17.5 Å². The summed E-state index contributed by atoms with van der Waals surface area (Å²) in [5, 5.41) is 3.08. The number of aromatic nitrogens is 2. The van der Waals surface area contributed by atoms with Crippen LogP contribution in [-0.2, 0) is 17.8 Å². The average molecular weight is 392 g/mol. The van der Waals surface area contributed by atoms with E-state index in [1.165, 1.54) is 9.77 Å². The fraction of sp³-hybridized carbons (Fsp3) is 0.222. The number of hydrogen-bond donors (Lipinski definition) is 1. The van der Waals surface area contributed by atoms with Crippen molar-refractivity contribution in [2.45, 2.75) is 29.5 Å². The zero-order valence-electron chi connectivity index (χ0n) is 13.5. The fourth-order valence-electron chi connectivity index (χ4n) is 2.50. The first kappa shape index (κ1) is 18.0. The van der Waals surface area contributed by atoms with Crippen LogP contribution in [-0.4, -0.2) is 21.2 Å². The van der Waals surface area contributed by atoms with Gasteiger partial charge in [0.2, 0.25) is 6.41 Å². The van der Waals surface area contributed by atoms with E-state index in [9.17, 15) is 4.79 Å². The van der Waals surface area contributed by atoms with Gasteiger partial charge in [-0.1, -0.05) is 11.6 Å². The summed E-state index contributed by atoms with van der Waals surface area (Å²) in [7, 11) is 0. The predicted octanol–water partition coefficient (Wildman–Crippen LogP) is 4.96. The van der Waals surface area contributed by atoms with Gasteiger partial charge in [-0.05, 0) is 49.2 Å². The summed E-state index contributed by atoms with van der Waals surface area (Å²) in [6, 6.07) is 12.0. The smallest absolute Gasteiger partial charge is 0.211 e. The number of nitrogens with one attached hydrogen (secondary N) is 1. The molecule has 1 N–H and O–H groups in total. The normalized spacial score (nSPS) is 12.0. The summed E-state index contributed by atoms with van der Waals surface area (Å²) in [6.45, 7) is 0.901. The third-order valence-electron chi connectivity index (χ3n) is 3.70. The fourth-order valence-corrected chi connectivity index (χ4v) is 4.76. The van der Waals surface area contributed by atoms with Crippen LogP contribution in [0.4, 0.5) is 5.69 Å². The molecule has 4 nitrogen and oxygen atoms in total. The van der Waals surface area contributed by atoms with Crippen molar-refractivity contribution in [2.24, 2.45) is 0 Å². The number of nitrogens with zero attached hydrogens (tertiary/aromatic N) is 2.